The second-order valence-corrected chi connectivity index (χ2v) is 4.87. The Kier molecular flexibility index (Phi) is 3.89. The van der Waals surface area contributed by atoms with Gasteiger partial charge in [0.1, 0.15) is 11.6 Å². The first-order valence-corrected chi connectivity index (χ1v) is 6.42. The van der Waals surface area contributed by atoms with Gasteiger partial charge in [-0.05, 0) is 24.2 Å². The zero-order chi connectivity index (χ0) is 14.0. The number of hydrogen-bond donors (Lipinski definition) is 2. The molecule has 102 valence electrons. The van der Waals surface area contributed by atoms with Gasteiger partial charge in [0.25, 0.3) is 0 Å². The molecule has 0 atom stereocenters. The fraction of sp³-hybridized carbons (Fsp3) is 0.273. The molecule has 1 aromatic carbocycles. The molecule has 19 heavy (non-hydrogen) atoms. The Hall–Kier alpha value is -1.83. The third kappa shape index (κ3) is 2.78. The Morgan fingerprint density at radius 3 is 2.89 bits per heavy atom. The molecule has 0 saturated heterocycles. The van der Waals surface area contributed by atoms with E-state index >= 15 is 0 Å². The highest BCUT2D eigenvalue weighted by atomic mass is 32.2. The summed E-state index contributed by atoms with van der Waals surface area (Å²) in [5.41, 5.74) is 5.02. The first-order chi connectivity index (χ1) is 9.02. The molecule has 0 unspecified atom stereocenters. The zero-order valence-electron chi connectivity index (χ0n) is 10.1. The molecule has 5 nitrogen and oxygen atoms in total. The number of anilines is 1. The maximum atomic E-state index is 13.3. The van der Waals surface area contributed by atoms with Crippen LogP contribution in [0.2, 0.25) is 0 Å². The van der Waals surface area contributed by atoms with Crippen molar-refractivity contribution < 1.29 is 8.78 Å². The molecule has 0 bridgehead atoms. The van der Waals surface area contributed by atoms with E-state index in [1.807, 2.05) is 6.92 Å². The van der Waals surface area contributed by atoms with E-state index < -0.39 is 11.6 Å². The maximum absolute atomic E-state index is 13.3. The molecule has 2 rings (SSSR count). The van der Waals surface area contributed by atoms with E-state index in [2.05, 4.69) is 10.2 Å². The third-order valence-corrected chi connectivity index (χ3v) is 3.48. The molecule has 0 aliphatic carbocycles. The van der Waals surface area contributed by atoms with Crippen LogP contribution in [0.5, 0.6) is 0 Å². The minimum atomic E-state index is -0.831. The van der Waals surface area contributed by atoms with Crippen molar-refractivity contribution in [1.82, 2.24) is 14.8 Å². The first kappa shape index (κ1) is 13.6. The van der Waals surface area contributed by atoms with Gasteiger partial charge in [-0.1, -0.05) is 6.92 Å². The number of H-pyrrole nitrogens is 1. The number of halogens is 2. The normalized spacial score (nSPS) is 10.9. The van der Waals surface area contributed by atoms with Gasteiger partial charge in [0.05, 0.1) is 5.69 Å². The maximum Gasteiger partial charge on any atom is 0.343 e. The lowest BCUT2D eigenvalue weighted by molar-refractivity contribution is 0.580. The second kappa shape index (κ2) is 5.43. The van der Waals surface area contributed by atoms with Crippen molar-refractivity contribution >= 4 is 17.4 Å². The molecule has 0 amide bonds. The minimum absolute atomic E-state index is 0.162. The number of rotatable bonds is 4. The van der Waals surface area contributed by atoms with Crippen LogP contribution in [0.3, 0.4) is 0 Å². The van der Waals surface area contributed by atoms with Crippen molar-refractivity contribution in [2.75, 3.05) is 5.73 Å². The molecule has 2 aromatic rings. The van der Waals surface area contributed by atoms with E-state index in [0.717, 1.165) is 24.2 Å². The van der Waals surface area contributed by atoms with Crippen LogP contribution in [0.15, 0.2) is 27.0 Å². The molecule has 1 heterocycles. The summed E-state index contributed by atoms with van der Waals surface area (Å²) in [7, 11) is 0. The molecule has 3 N–H and O–H groups in total. The van der Waals surface area contributed by atoms with Crippen LogP contribution in [0.1, 0.15) is 13.3 Å². The number of aromatic amines is 1. The molecule has 0 fully saturated rings. The van der Waals surface area contributed by atoms with Crippen LogP contribution >= 0.6 is 11.8 Å². The number of nitrogens with zero attached hydrogens (tertiary/aromatic N) is 2. The quantitative estimate of drug-likeness (QED) is 0.843. The van der Waals surface area contributed by atoms with Gasteiger partial charge >= 0.3 is 5.69 Å². The van der Waals surface area contributed by atoms with Gasteiger partial charge in [0.2, 0.25) is 0 Å². The van der Waals surface area contributed by atoms with Crippen LogP contribution in [0.25, 0.3) is 0 Å². The number of nitrogens with one attached hydrogen (secondary N) is 1. The SMILES string of the molecule is CCCn1c(Sc2cc(F)cc(F)c2N)n[nH]c1=O. The summed E-state index contributed by atoms with van der Waals surface area (Å²) in [4.78, 5) is 11.7. The molecular weight excluding hydrogens is 274 g/mol. The third-order valence-electron chi connectivity index (χ3n) is 2.43. The molecular formula is C11H12F2N4OS. The van der Waals surface area contributed by atoms with Gasteiger partial charge in [0.15, 0.2) is 5.16 Å². The first-order valence-electron chi connectivity index (χ1n) is 5.60. The van der Waals surface area contributed by atoms with Crippen molar-refractivity contribution in [3.63, 3.8) is 0 Å². The summed E-state index contributed by atoms with van der Waals surface area (Å²) in [6.07, 6.45) is 0.736. The van der Waals surface area contributed by atoms with E-state index in [0.29, 0.717) is 17.8 Å². The second-order valence-electron chi connectivity index (χ2n) is 3.86. The van der Waals surface area contributed by atoms with Gasteiger partial charge in [0, 0.05) is 17.5 Å². The molecule has 1 aromatic heterocycles. The number of aromatic nitrogens is 3. The highest BCUT2D eigenvalue weighted by Gasteiger charge is 2.14. The summed E-state index contributed by atoms with van der Waals surface area (Å²) < 4.78 is 27.9. The standard InChI is InChI=1S/C11H12F2N4OS/c1-2-3-17-10(18)15-16-11(17)19-8-5-6(12)4-7(13)9(8)14/h4-5H,2-3,14H2,1H3,(H,15,18). The Morgan fingerprint density at radius 1 is 1.47 bits per heavy atom. The molecule has 0 spiro atoms. The number of nitrogens with two attached hydrogens (primary N) is 1. The van der Waals surface area contributed by atoms with Crippen LogP contribution in [-0.4, -0.2) is 14.8 Å². The molecule has 0 saturated carbocycles. The van der Waals surface area contributed by atoms with Gasteiger partial charge in [-0.25, -0.2) is 18.7 Å². The Labute approximate surface area is 111 Å². The Bertz CT molecular complexity index is 653. The van der Waals surface area contributed by atoms with Crippen LogP contribution in [0.4, 0.5) is 14.5 Å². The monoisotopic (exact) mass is 286 g/mol. The van der Waals surface area contributed by atoms with E-state index in [1.54, 1.807) is 0 Å². The number of nitrogen functional groups attached to an aromatic ring is 1. The average molecular weight is 286 g/mol. The molecule has 0 radical (unpaired) electrons. The summed E-state index contributed by atoms with van der Waals surface area (Å²) in [5.74, 6) is -1.56. The number of benzene rings is 1. The predicted octanol–water partition coefficient (Wildman–Crippen LogP) is 1.99. The van der Waals surface area contributed by atoms with E-state index in [-0.39, 0.29) is 16.3 Å². The van der Waals surface area contributed by atoms with Gasteiger partial charge in [-0.15, -0.1) is 5.10 Å². The van der Waals surface area contributed by atoms with Gasteiger partial charge in [-0.2, -0.15) is 0 Å². The van der Waals surface area contributed by atoms with Crippen LogP contribution in [-0.2, 0) is 6.54 Å². The largest absolute Gasteiger partial charge is 0.395 e. The average Bonchev–Trinajstić information content (AvgIpc) is 2.68. The zero-order valence-corrected chi connectivity index (χ0v) is 10.9. The van der Waals surface area contributed by atoms with Gasteiger partial charge < -0.3 is 5.73 Å². The fourth-order valence-corrected chi connectivity index (χ4v) is 2.50. The van der Waals surface area contributed by atoms with Crippen molar-refractivity contribution in [1.29, 1.82) is 0 Å². The smallest absolute Gasteiger partial charge is 0.343 e. The Morgan fingerprint density at radius 2 is 2.21 bits per heavy atom. The number of hydrogen-bond acceptors (Lipinski definition) is 4. The van der Waals surface area contributed by atoms with Crippen LogP contribution in [0, 0.1) is 11.6 Å². The lowest BCUT2D eigenvalue weighted by Gasteiger charge is -2.07. The van der Waals surface area contributed by atoms with E-state index in [9.17, 15) is 13.6 Å². The van der Waals surface area contributed by atoms with E-state index in [1.165, 1.54) is 4.57 Å². The fourth-order valence-electron chi connectivity index (χ4n) is 1.55. The highest BCUT2D eigenvalue weighted by molar-refractivity contribution is 7.99. The highest BCUT2D eigenvalue weighted by Crippen LogP contribution is 2.32. The van der Waals surface area contributed by atoms with Gasteiger partial charge in [-0.3, -0.25) is 4.57 Å². The van der Waals surface area contributed by atoms with E-state index in [4.69, 9.17) is 5.73 Å². The van der Waals surface area contributed by atoms with Crippen molar-refractivity contribution in [3.8, 4) is 0 Å². The summed E-state index contributed by atoms with van der Waals surface area (Å²) >= 11 is 0.946. The summed E-state index contributed by atoms with van der Waals surface area (Å²) in [6, 6.07) is 1.82. The molecule has 0 aliphatic rings. The predicted molar refractivity (Wildman–Crippen MR) is 68.0 cm³/mol. The molecule has 8 heteroatoms. The van der Waals surface area contributed by atoms with Crippen LogP contribution < -0.4 is 11.4 Å². The molecule has 0 aliphatic heterocycles. The van der Waals surface area contributed by atoms with Crippen molar-refractivity contribution in [3.05, 3.63) is 34.3 Å². The minimum Gasteiger partial charge on any atom is -0.395 e. The lowest BCUT2D eigenvalue weighted by atomic mass is 10.3. The topological polar surface area (TPSA) is 76.7 Å². The summed E-state index contributed by atoms with van der Waals surface area (Å²) in [6.45, 7) is 2.37. The Balaban J connectivity index is 2.39. The van der Waals surface area contributed by atoms with Crippen molar-refractivity contribution in [2.24, 2.45) is 0 Å². The lowest BCUT2D eigenvalue weighted by Crippen LogP contribution is -2.17. The van der Waals surface area contributed by atoms with Crippen molar-refractivity contribution in [2.45, 2.75) is 29.9 Å². The summed E-state index contributed by atoms with van der Waals surface area (Å²) in [5, 5.41) is 6.44.